The van der Waals surface area contributed by atoms with Crippen LogP contribution in [0.2, 0.25) is 0 Å². The molecule has 1 aliphatic rings. The van der Waals surface area contributed by atoms with Crippen molar-refractivity contribution in [3.05, 3.63) is 41.4 Å². The minimum absolute atomic E-state index is 0.361. The standard InChI is InChI=1S/C15H14F2N2O2/c1-8-14(9-2-3-11(16)12(17)6-9)18-13-7-10(15(20)21)4-5-19(8)13/h2-3,6,10H,4-5,7H2,1H3,(H,20,21). The van der Waals surface area contributed by atoms with Crippen molar-refractivity contribution in [2.45, 2.75) is 26.3 Å². The summed E-state index contributed by atoms with van der Waals surface area (Å²) in [7, 11) is 0. The van der Waals surface area contributed by atoms with Crippen molar-refractivity contribution in [1.29, 1.82) is 0 Å². The number of hydrogen-bond acceptors (Lipinski definition) is 2. The van der Waals surface area contributed by atoms with E-state index in [1.165, 1.54) is 6.07 Å². The third-order valence-electron chi connectivity index (χ3n) is 3.97. The van der Waals surface area contributed by atoms with Crippen LogP contribution in [0.5, 0.6) is 0 Å². The highest BCUT2D eigenvalue weighted by atomic mass is 19.2. The van der Waals surface area contributed by atoms with Crippen LogP contribution in [0, 0.1) is 24.5 Å². The molecule has 21 heavy (non-hydrogen) atoms. The van der Waals surface area contributed by atoms with Crippen LogP contribution < -0.4 is 0 Å². The summed E-state index contributed by atoms with van der Waals surface area (Å²) in [4.78, 5) is 15.5. The van der Waals surface area contributed by atoms with Gasteiger partial charge in [0.25, 0.3) is 0 Å². The van der Waals surface area contributed by atoms with Gasteiger partial charge in [-0.25, -0.2) is 13.8 Å². The number of carboxylic acid groups (broad SMARTS) is 1. The van der Waals surface area contributed by atoms with E-state index in [1.807, 2.05) is 11.5 Å². The highest BCUT2D eigenvalue weighted by Crippen LogP contribution is 2.29. The van der Waals surface area contributed by atoms with Gasteiger partial charge in [-0.15, -0.1) is 0 Å². The zero-order valence-electron chi connectivity index (χ0n) is 11.4. The number of imidazole rings is 1. The molecule has 110 valence electrons. The Hall–Kier alpha value is -2.24. The molecule has 1 N–H and O–H groups in total. The SMILES string of the molecule is Cc1c(-c2ccc(F)c(F)c2)nc2n1CCC(C(=O)O)C2. The second-order valence-electron chi connectivity index (χ2n) is 5.27. The summed E-state index contributed by atoms with van der Waals surface area (Å²) in [6.07, 6.45) is 0.913. The Morgan fingerprint density at radius 3 is 2.81 bits per heavy atom. The molecule has 0 saturated carbocycles. The number of rotatable bonds is 2. The first kappa shape index (κ1) is 13.7. The number of fused-ring (bicyclic) bond motifs is 1. The van der Waals surface area contributed by atoms with Gasteiger partial charge >= 0.3 is 5.97 Å². The number of nitrogens with zero attached hydrogens (tertiary/aromatic N) is 2. The fourth-order valence-electron chi connectivity index (χ4n) is 2.78. The summed E-state index contributed by atoms with van der Waals surface area (Å²) in [5.74, 6) is -2.38. The Balaban J connectivity index is 2.02. The Labute approximate surface area is 120 Å². The maximum atomic E-state index is 13.4. The monoisotopic (exact) mass is 292 g/mol. The summed E-state index contributed by atoms with van der Waals surface area (Å²) in [6, 6.07) is 3.67. The molecular formula is C15H14F2N2O2. The molecule has 0 saturated heterocycles. The first-order valence-electron chi connectivity index (χ1n) is 6.71. The smallest absolute Gasteiger partial charge is 0.307 e. The number of aliphatic carboxylic acids is 1. The Bertz CT molecular complexity index is 725. The topological polar surface area (TPSA) is 55.1 Å². The minimum atomic E-state index is -0.915. The molecule has 1 aromatic heterocycles. The molecule has 2 aromatic rings. The fraction of sp³-hybridized carbons (Fsp3) is 0.333. The lowest BCUT2D eigenvalue weighted by atomic mass is 9.98. The molecule has 2 heterocycles. The van der Waals surface area contributed by atoms with Gasteiger partial charge in [0.2, 0.25) is 0 Å². The van der Waals surface area contributed by atoms with Gasteiger partial charge < -0.3 is 9.67 Å². The third-order valence-corrected chi connectivity index (χ3v) is 3.97. The molecular weight excluding hydrogens is 278 g/mol. The molecule has 6 heteroatoms. The zero-order valence-corrected chi connectivity index (χ0v) is 11.4. The van der Waals surface area contributed by atoms with Gasteiger partial charge in [0, 0.05) is 24.2 Å². The minimum Gasteiger partial charge on any atom is -0.481 e. The average molecular weight is 292 g/mol. The van der Waals surface area contributed by atoms with Gasteiger partial charge in [0.15, 0.2) is 11.6 Å². The molecule has 4 nitrogen and oxygen atoms in total. The Kier molecular flexibility index (Phi) is 3.23. The van der Waals surface area contributed by atoms with Crippen LogP contribution in [-0.2, 0) is 17.8 Å². The number of aromatic nitrogens is 2. The highest BCUT2D eigenvalue weighted by molar-refractivity contribution is 5.70. The summed E-state index contributed by atoms with van der Waals surface area (Å²) in [5.41, 5.74) is 1.93. The molecule has 0 bridgehead atoms. The largest absolute Gasteiger partial charge is 0.481 e. The van der Waals surface area contributed by atoms with Crippen LogP contribution in [0.15, 0.2) is 18.2 Å². The van der Waals surface area contributed by atoms with Crippen molar-refractivity contribution in [3.63, 3.8) is 0 Å². The van der Waals surface area contributed by atoms with Gasteiger partial charge in [-0.05, 0) is 31.5 Å². The van der Waals surface area contributed by atoms with Crippen LogP contribution in [0.25, 0.3) is 11.3 Å². The van der Waals surface area contributed by atoms with Crippen molar-refractivity contribution < 1.29 is 18.7 Å². The summed E-state index contributed by atoms with van der Waals surface area (Å²) in [6.45, 7) is 2.43. The quantitative estimate of drug-likeness (QED) is 0.926. The summed E-state index contributed by atoms with van der Waals surface area (Å²) >= 11 is 0. The van der Waals surface area contributed by atoms with Gasteiger partial charge in [-0.2, -0.15) is 0 Å². The lowest BCUT2D eigenvalue weighted by Gasteiger charge is -2.20. The van der Waals surface area contributed by atoms with Gasteiger partial charge in [0.1, 0.15) is 5.82 Å². The molecule has 3 rings (SSSR count). The van der Waals surface area contributed by atoms with Crippen LogP contribution in [0.1, 0.15) is 17.9 Å². The molecule has 1 atom stereocenters. The fourth-order valence-corrected chi connectivity index (χ4v) is 2.78. The van der Waals surface area contributed by atoms with E-state index < -0.39 is 23.5 Å². The molecule has 0 aliphatic carbocycles. The third kappa shape index (κ3) is 2.30. The molecule has 0 radical (unpaired) electrons. The first-order valence-corrected chi connectivity index (χ1v) is 6.71. The second kappa shape index (κ2) is 4.95. The van der Waals surface area contributed by atoms with E-state index in [0.717, 1.165) is 17.8 Å². The Morgan fingerprint density at radius 1 is 1.38 bits per heavy atom. The molecule has 0 spiro atoms. The summed E-state index contributed by atoms with van der Waals surface area (Å²) < 4.78 is 28.3. The molecule has 0 amide bonds. The lowest BCUT2D eigenvalue weighted by molar-refractivity contribution is -0.142. The highest BCUT2D eigenvalue weighted by Gasteiger charge is 2.28. The van der Waals surface area contributed by atoms with Crippen molar-refractivity contribution >= 4 is 5.97 Å². The number of halogens is 2. The van der Waals surface area contributed by atoms with Crippen molar-refractivity contribution in [3.8, 4) is 11.3 Å². The summed E-state index contributed by atoms with van der Waals surface area (Å²) in [5, 5.41) is 9.10. The van der Waals surface area contributed by atoms with E-state index in [-0.39, 0.29) is 0 Å². The van der Waals surface area contributed by atoms with Crippen LogP contribution >= 0.6 is 0 Å². The normalized spacial score (nSPS) is 17.6. The molecule has 1 aliphatic heterocycles. The molecule has 1 aromatic carbocycles. The first-order chi connectivity index (χ1) is 9.97. The van der Waals surface area contributed by atoms with E-state index in [9.17, 15) is 13.6 Å². The van der Waals surface area contributed by atoms with Crippen LogP contribution in [0.3, 0.4) is 0 Å². The predicted octanol–water partition coefficient (Wildman–Crippen LogP) is 2.78. The van der Waals surface area contributed by atoms with Crippen molar-refractivity contribution in [2.24, 2.45) is 5.92 Å². The number of hydrogen-bond donors (Lipinski definition) is 1. The maximum absolute atomic E-state index is 13.4. The number of carbonyl (C=O) groups is 1. The van der Waals surface area contributed by atoms with Gasteiger partial charge in [-0.1, -0.05) is 0 Å². The average Bonchev–Trinajstić information content (AvgIpc) is 2.78. The van der Waals surface area contributed by atoms with Gasteiger partial charge in [0.05, 0.1) is 11.6 Å². The van der Waals surface area contributed by atoms with E-state index in [2.05, 4.69) is 4.98 Å². The Morgan fingerprint density at radius 2 is 2.14 bits per heavy atom. The van der Waals surface area contributed by atoms with E-state index in [1.54, 1.807) is 0 Å². The zero-order chi connectivity index (χ0) is 15.1. The van der Waals surface area contributed by atoms with Crippen LogP contribution in [0.4, 0.5) is 8.78 Å². The van der Waals surface area contributed by atoms with E-state index in [4.69, 9.17) is 5.11 Å². The second-order valence-corrected chi connectivity index (χ2v) is 5.27. The van der Waals surface area contributed by atoms with E-state index >= 15 is 0 Å². The maximum Gasteiger partial charge on any atom is 0.307 e. The molecule has 0 fully saturated rings. The number of carboxylic acids is 1. The lowest BCUT2D eigenvalue weighted by Crippen LogP contribution is -2.26. The molecule has 1 unspecified atom stereocenters. The van der Waals surface area contributed by atoms with E-state index in [0.29, 0.717) is 36.5 Å². The predicted molar refractivity (Wildman–Crippen MR) is 71.8 cm³/mol. The van der Waals surface area contributed by atoms with Crippen molar-refractivity contribution in [2.75, 3.05) is 0 Å². The van der Waals surface area contributed by atoms with Crippen molar-refractivity contribution in [1.82, 2.24) is 9.55 Å². The number of benzene rings is 1. The van der Waals surface area contributed by atoms with Gasteiger partial charge in [-0.3, -0.25) is 4.79 Å². The van der Waals surface area contributed by atoms with Crippen LogP contribution in [-0.4, -0.2) is 20.6 Å².